The van der Waals surface area contributed by atoms with E-state index in [2.05, 4.69) is 10.2 Å². The molecule has 1 heterocycles. The van der Waals surface area contributed by atoms with Gasteiger partial charge < -0.3 is 0 Å². The van der Waals surface area contributed by atoms with Crippen molar-refractivity contribution in [1.29, 1.82) is 0 Å². The predicted molar refractivity (Wildman–Crippen MR) is 50.7 cm³/mol. The highest BCUT2D eigenvalue weighted by molar-refractivity contribution is 5.13. The zero-order chi connectivity index (χ0) is 9.10. The molecule has 0 aromatic carbocycles. The van der Waals surface area contributed by atoms with Gasteiger partial charge in [-0.3, -0.25) is 4.79 Å². The van der Waals surface area contributed by atoms with E-state index in [-0.39, 0.29) is 5.56 Å². The number of aromatic amines is 1. The molecule has 1 aliphatic rings. The van der Waals surface area contributed by atoms with Gasteiger partial charge in [-0.15, -0.1) is 0 Å². The summed E-state index contributed by atoms with van der Waals surface area (Å²) < 4.78 is 0. The molecule has 1 N–H and O–H groups in total. The van der Waals surface area contributed by atoms with Gasteiger partial charge in [0.2, 0.25) is 0 Å². The van der Waals surface area contributed by atoms with Crippen molar-refractivity contribution in [1.82, 2.24) is 10.2 Å². The number of rotatable bonds is 1. The molecule has 0 bridgehead atoms. The fraction of sp³-hybridized carbons (Fsp3) is 0.600. The van der Waals surface area contributed by atoms with Crippen molar-refractivity contribution in [2.45, 2.75) is 38.0 Å². The number of nitrogens with zero attached hydrogens (tertiary/aromatic N) is 1. The SMILES string of the molecule is O=c1[nH]nccc1C1CCCCC1. The van der Waals surface area contributed by atoms with Crippen molar-refractivity contribution in [3.05, 3.63) is 28.2 Å². The summed E-state index contributed by atoms with van der Waals surface area (Å²) in [4.78, 5) is 11.4. The van der Waals surface area contributed by atoms with Gasteiger partial charge in [0.25, 0.3) is 5.56 Å². The van der Waals surface area contributed by atoms with Crippen LogP contribution in [0.15, 0.2) is 17.1 Å². The first-order valence-electron chi connectivity index (χ1n) is 4.91. The predicted octanol–water partition coefficient (Wildman–Crippen LogP) is 1.82. The number of aromatic nitrogens is 2. The van der Waals surface area contributed by atoms with Gasteiger partial charge in [-0.25, -0.2) is 5.10 Å². The normalized spacial score (nSPS) is 18.8. The molecule has 70 valence electrons. The van der Waals surface area contributed by atoms with Crippen LogP contribution in [-0.4, -0.2) is 10.2 Å². The standard InChI is InChI=1S/C10H14N2O/c13-10-9(6-7-11-12-10)8-4-2-1-3-5-8/h6-8H,1-5H2,(H,12,13). The minimum Gasteiger partial charge on any atom is -0.268 e. The minimum atomic E-state index is -0.00519. The van der Waals surface area contributed by atoms with Crippen molar-refractivity contribution >= 4 is 0 Å². The Balaban J connectivity index is 2.24. The van der Waals surface area contributed by atoms with E-state index < -0.39 is 0 Å². The molecule has 1 aromatic heterocycles. The monoisotopic (exact) mass is 178 g/mol. The summed E-state index contributed by atoms with van der Waals surface area (Å²) in [6, 6.07) is 1.86. The van der Waals surface area contributed by atoms with Gasteiger partial charge in [-0.05, 0) is 24.8 Å². The smallest absolute Gasteiger partial charge is 0.267 e. The molecule has 0 unspecified atom stereocenters. The second kappa shape index (κ2) is 3.73. The molecular weight excluding hydrogens is 164 g/mol. The Labute approximate surface area is 77.2 Å². The molecule has 0 amide bonds. The molecule has 1 aromatic rings. The molecule has 3 heteroatoms. The fourth-order valence-electron chi connectivity index (χ4n) is 2.09. The zero-order valence-electron chi connectivity index (χ0n) is 7.62. The molecular formula is C10H14N2O. The molecule has 0 aliphatic heterocycles. The molecule has 1 saturated carbocycles. The molecule has 3 nitrogen and oxygen atoms in total. The number of hydrogen-bond donors (Lipinski definition) is 1. The van der Waals surface area contributed by atoms with Crippen molar-refractivity contribution in [3.63, 3.8) is 0 Å². The lowest BCUT2D eigenvalue weighted by molar-refractivity contribution is 0.440. The molecule has 2 rings (SSSR count). The Morgan fingerprint density at radius 2 is 2.08 bits per heavy atom. The van der Waals surface area contributed by atoms with E-state index in [1.54, 1.807) is 6.20 Å². The summed E-state index contributed by atoms with van der Waals surface area (Å²) in [6.45, 7) is 0. The van der Waals surface area contributed by atoms with Gasteiger partial charge in [0, 0.05) is 11.8 Å². The van der Waals surface area contributed by atoms with Gasteiger partial charge in [0.1, 0.15) is 0 Å². The van der Waals surface area contributed by atoms with Crippen LogP contribution < -0.4 is 5.56 Å². The third kappa shape index (κ3) is 1.79. The van der Waals surface area contributed by atoms with Crippen LogP contribution in [0.1, 0.15) is 43.6 Å². The van der Waals surface area contributed by atoms with E-state index in [0.717, 1.165) is 18.4 Å². The third-order valence-corrected chi connectivity index (χ3v) is 2.80. The van der Waals surface area contributed by atoms with Crippen molar-refractivity contribution in [3.8, 4) is 0 Å². The average Bonchev–Trinajstić information content (AvgIpc) is 2.20. The van der Waals surface area contributed by atoms with E-state index in [9.17, 15) is 4.79 Å². The molecule has 1 fully saturated rings. The second-order valence-electron chi connectivity index (χ2n) is 3.68. The first kappa shape index (κ1) is 8.48. The molecule has 0 spiro atoms. The van der Waals surface area contributed by atoms with Crippen LogP contribution in [0.3, 0.4) is 0 Å². The Morgan fingerprint density at radius 1 is 1.31 bits per heavy atom. The second-order valence-corrected chi connectivity index (χ2v) is 3.68. The van der Waals surface area contributed by atoms with Crippen molar-refractivity contribution in [2.75, 3.05) is 0 Å². The number of hydrogen-bond acceptors (Lipinski definition) is 2. The highest BCUT2D eigenvalue weighted by Gasteiger charge is 2.17. The maximum Gasteiger partial charge on any atom is 0.267 e. The summed E-state index contributed by atoms with van der Waals surface area (Å²) in [7, 11) is 0. The Morgan fingerprint density at radius 3 is 2.77 bits per heavy atom. The van der Waals surface area contributed by atoms with Crippen LogP contribution in [0.2, 0.25) is 0 Å². The lowest BCUT2D eigenvalue weighted by Crippen LogP contribution is -2.18. The van der Waals surface area contributed by atoms with Crippen molar-refractivity contribution < 1.29 is 0 Å². The van der Waals surface area contributed by atoms with Gasteiger partial charge in [0.15, 0.2) is 0 Å². The average molecular weight is 178 g/mol. The first-order chi connectivity index (χ1) is 6.38. The van der Waals surface area contributed by atoms with Gasteiger partial charge >= 0.3 is 0 Å². The largest absolute Gasteiger partial charge is 0.268 e. The first-order valence-corrected chi connectivity index (χ1v) is 4.91. The quantitative estimate of drug-likeness (QED) is 0.713. The maximum atomic E-state index is 11.4. The van der Waals surface area contributed by atoms with E-state index in [1.807, 2.05) is 6.07 Å². The Kier molecular flexibility index (Phi) is 2.43. The lowest BCUT2D eigenvalue weighted by Gasteiger charge is -2.20. The zero-order valence-corrected chi connectivity index (χ0v) is 7.62. The van der Waals surface area contributed by atoms with Crippen LogP contribution in [0.25, 0.3) is 0 Å². The molecule has 1 aliphatic carbocycles. The topological polar surface area (TPSA) is 45.8 Å². The maximum absolute atomic E-state index is 11.4. The van der Waals surface area contributed by atoms with Gasteiger partial charge in [-0.1, -0.05) is 19.3 Å². The molecule has 13 heavy (non-hydrogen) atoms. The summed E-state index contributed by atoms with van der Waals surface area (Å²) in [5.41, 5.74) is 0.920. The highest BCUT2D eigenvalue weighted by atomic mass is 16.1. The van der Waals surface area contributed by atoms with Gasteiger partial charge in [0.05, 0.1) is 0 Å². The lowest BCUT2D eigenvalue weighted by atomic mass is 9.85. The summed E-state index contributed by atoms with van der Waals surface area (Å²) in [5.74, 6) is 0.473. The molecule has 0 atom stereocenters. The number of nitrogens with one attached hydrogen (secondary N) is 1. The van der Waals surface area contributed by atoms with Crippen molar-refractivity contribution in [2.24, 2.45) is 0 Å². The van der Waals surface area contributed by atoms with Crippen LogP contribution in [0.5, 0.6) is 0 Å². The van der Waals surface area contributed by atoms with Crippen LogP contribution in [0, 0.1) is 0 Å². The Hall–Kier alpha value is -1.12. The van der Waals surface area contributed by atoms with Crippen LogP contribution >= 0.6 is 0 Å². The van der Waals surface area contributed by atoms with E-state index in [4.69, 9.17) is 0 Å². The summed E-state index contributed by atoms with van der Waals surface area (Å²) in [6.07, 6.45) is 7.82. The minimum absolute atomic E-state index is 0.00519. The van der Waals surface area contributed by atoms with E-state index >= 15 is 0 Å². The summed E-state index contributed by atoms with van der Waals surface area (Å²) in [5, 5.41) is 6.19. The van der Waals surface area contributed by atoms with E-state index in [0.29, 0.717) is 5.92 Å². The van der Waals surface area contributed by atoms with Crippen LogP contribution in [0.4, 0.5) is 0 Å². The summed E-state index contributed by atoms with van der Waals surface area (Å²) >= 11 is 0. The fourth-order valence-corrected chi connectivity index (χ4v) is 2.09. The molecule has 0 saturated heterocycles. The number of H-pyrrole nitrogens is 1. The third-order valence-electron chi connectivity index (χ3n) is 2.80. The highest BCUT2D eigenvalue weighted by Crippen LogP contribution is 2.30. The molecule has 0 radical (unpaired) electrons. The van der Waals surface area contributed by atoms with E-state index in [1.165, 1.54) is 19.3 Å². The Bertz CT molecular complexity index is 326. The van der Waals surface area contributed by atoms with Gasteiger partial charge in [-0.2, -0.15) is 5.10 Å². The van der Waals surface area contributed by atoms with Crippen LogP contribution in [-0.2, 0) is 0 Å².